The zero-order valence-electron chi connectivity index (χ0n) is 10.2. The Morgan fingerprint density at radius 3 is 2.50 bits per heavy atom. The summed E-state index contributed by atoms with van der Waals surface area (Å²) in [6.07, 6.45) is -5.74. The number of carbonyl (C=O) groups is 1. The Balaban J connectivity index is 2.53. The number of hydrogen-bond donors (Lipinski definition) is 2. The third-order valence-corrected chi connectivity index (χ3v) is 1.98. The summed E-state index contributed by atoms with van der Waals surface area (Å²) in [7, 11) is 0. The Bertz CT molecular complexity index is 421. The van der Waals surface area contributed by atoms with Crippen LogP contribution in [0.3, 0.4) is 0 Å². The van der Waals surface area contributed by atoms with Crippen molar-refractivity contribution in [3.8, 4) is 0 Å². The minimum absolute atomic E-state index is 0.118. The molecule has 1 rings (SSSR count). The van der Waals surface area contributed by atoms with Crippen LogP contribution in [0.25, 0.3) is 0 Å². The van der Waals surface area contributed by atoms with Crippen LogP contribution in [0.15, 0.2) is 6.07 Å². The number of carbonyl (C=O) groups excluding carboxylic acids is 1. The minimum Gasteiger partial charge on any atom is -0.440 e. The van der Waals surface area contributed by atoms with Crippen molar-refractivity contribution < 1.29 is 22.7 Å². The molecule has 1 heterocycles. The van der Waals surface area contributed by atoms with Crippen molar-refractivity contribution in [2.45, 2.75) is 32.4 Å². The molecule has 102 valence electrons. The zero-order valence-corrected chi connectivity index (χ0v) is 10.2. The Labute approximate surface area is 102 Å². The van der Waals surface area contributed by atoms with Crippen LogP contribution >= 0.6 is 0 Å². The van der Waals surface area contributed by atoms with Crippen molar-refractivity contribution >= 4 is 11.9 Å². The van der Waals surface area contributed by atoms with Gasteiger partial charge in [0.1, 0.15) is 0 Å². The van der Waals surface area contributed by atoms with Crippen molar-refractivity contribution in [3.63, 3.8) is 0 Å². The van der Waals surface area contributed by atoms with Gasteiger partial charge in [0, 0.05) is 17.2 Å². The van der Waals surface area contributed by atoms with Crippen LogP contribution in [-0.4, -0.2) is 29.1 Å². The summed E-state index contributed by atoms with van der Waals surface area (Å²) in [5.41, 5.74) is 0.539. The molecule has 2 N–H and O–H groups in total. The average Bonchev–Trinajstić information content (AvgIpc) is 2.61. The van der Waals surface area contributed by atoms with Gasteiger partial charge in [-0.2, -0.15) is 18.3 Å². The maximum absolute atomic E-state index is 11.8. The molecular weight excluding hydrogens is 251 g/mol. The normalized spacial score (nSPS) is 12.3. The van der Waals surface area contributed by atoms with Gasteiger partial charge in [0.05, 0.1) is 0 Å². The van der Waals surface area contributed by atoms with Crippen LogP contribution < -0.4 is 5.32 Å². The third-order valence-electron chi connectivity index (χ3n) is 1.98. The van der Waals surface area contributed by atoms with Crippen molar-refractivity contribution in [1.82, 2.24) is 10.2 Å². The molecule has 0 aliphatic rings. The number of hydrogen-bond acceptors (Lipinski definition) is 3. The Kier molecular flexibility index (Phi) is 3.88. The summed E-state index contributed by atoms with van der Waals surface area (Å²) < 4.78 is 39.3. The molecule has 5 nitrogen and oxygen atoms in total. The summed E-state index contributed by atoms with van der Waals surface area (Å²) in [6, 6.07) is 1.54. The number of rotatable bonds is 2. The first-order chi connectivity index (χ1) is 8.08. The van der Waals surface area contributed by atoms with Crippen molar-refractivity contribution in [2.24, 2.45) is 0 Å². The number of halogens is 3. The molecule has 0 aliphatic carbocycles. The fraction of sp³-hybridized carbons (Fsp3) is 0.600. The number of H-pyrrole nitrogens is 1. The van der Waals surface area contributed by atoms with Crippen molar-refractivity contribution in [2.75, 3.05) is 11.9 Å². The predicted octanol–water partition coefficient (Wildman–Crippen LogP) is 2.82. The van der Waals surface area contributed by atoms with Crippen LogP contribution in [0.2, 0.25) is 0 Å². The molecule has 1 aromatic rings. The van der Waals surface area contributed by atoms with E-state index in [1.54, 1.807) is 0 Å². The fourth-order valence-electron chi connectivity index (χ4n) is 1.06. The summed E-state index contributed by atoms with van der Waals surface area (Å²) in [5.74, 6) is 0.118. The van der Waals surface area contributed by atoms with Gasteiger partial charge in [0.2, 0.25) is 0 Å². The smallest absolute Gasteiger partial charge is 0.422 e. The molecule has 0 fully saturated rings. The molecule has 0 aromatic carbocycles. The summed E-state index contributed by atoms with van der Waals surface area (Å²) >= 11 is 0. The second kappa shape index (κ2) is 4.87. The molecule has 0 spiro atoms. The van der Waals surface area contributed by atoms with E-state index < -0.39 is 18.9 Å². The number of ether oxygens (including phenoxy) is 1. The number of aromatic amines is 1. The predicted molar refractivity (Wildman–Crippen MR) is 58.3 cm³/mol. The van der Waals surface area contributed by atoms with Gasteiger partial charge >= 0.3 is 12.3 Å². The summed E-state index contributed by atoms with van der Waals surface area (Å²) in [6.45, 7) is 4.14. The third kappa shape index (κ3) is 4.64. The molecule has 0 atom stereocenters. The first-order valence-electron chi connectivity index (χ1n) is 5.14. The molecule has 0 aliphatic heterocycles. The lowest BCUT2D eigenvalue weighted by Crippen LogP contribution is -2.23. The van der Waals surface area contributed by atoms with Gasteiger partial charge in [-0.25, -0.2) is 4.79 Å². The lowest BCUT2D eigenvalue weighted by Gasteiger charge is -2.14. The SMILES string of the molecule is CC(C)(C)c1cc(NC(=O)OCC(F)(F)F)n[nH]1. The molecule has 1 amide bonds. The number of alkyl halides is 3. The van der Waals surface area contributed by atoms with E-state index in [9.17, 15) is 18.0 Å². The highest BCUT2D eigenvalue weighted by Crippen LogP contribution is 2.22. The van der Waals surface area contributed by atoms with Gasteiger partial charge in [-0.3, -0.25) is 10.4 Å². The van der Waals surface area contributed by atoms with E-state index in [0.29, 0.717) is 0 Å². The van der Waals surface area contributed by atoms with Crippen molar-refractivity contribution in [1.29, 1.82) is 0 Å². The lowest BCUT2D eigenvalue weighted by atomic mass is 9.92. The van der Waals surface area contributed by atoms with Crippen LogP contribution in [0.5, 0.6) is 0 Å². The summed E-state index contributed by atoms with van der Waals surface area (Å²) in [5, 5.41) is 8.53. The van der Waals surface area contributed by atoms with E-state index in [1.807, 2.05) is 20.8 Å². The molecule has 0 saturated heterocycles. The van der Waals surface area contributed by atoms with Crippen LogP contribution in [-0.2, 0) is 10.2 Å². The van der Waals surface area contributed by atoms with Gasteiger partial charge in [0.15, 0.2) is 12.4 Å². The molecule has 0 unspecified atom stereocenters. The highest BCUT2D eigenvalue weighted by atomic mass is 19.4. The van der Waals surface area contributed by atoms with Crippen LogP contribution in [0, 0.1) is 0 Å². The van der Waals surface area contributed by atoms with Gasteiger partial charge in [0.25, 0.3) is 0 Å². The molecular formula is C10H14F3N3O2. The largest absolute Gasteiger partial charge is 0.440 e. The first-order valence-corrected chi connectivity index (χ1v) is 5.14. The highest BCUT2D eigenvalue weighted by molar-refractivity contribution is 5.83. The van der Waals surface area contributed by atoms with E-state index in [1.165, 1.54) is 6.07 Å². The van der Waals surface area contributed by atoms with E-state index >= 15 is 0 Å². The highest BCUT2D eigenvalue weighted by Gasteiger charge is 2.29. The van der Waals surface area contributed by atoms with E-state index in [4.69, 9.17) is 0 Å². The maximum atomic E-state index is 11.8. The Hall–Kier alpha value is -1.73. The lowest BCUT2D eigenvalue weighted by molar-refractivity contribution is -0.159. The second-order valence-corrected chi connectivity index (χ2v) is 4.73. The standard InChI is InChI=1S/C10H14F3N3O2/c1-9(2,3)6-4-7(16-15-6)14-8(17)18-5-10(11,12)13/h4H,5H2,1-3H3,(H2,14,15,16,17). The topological polar surface area (TPSA) is 67.0 Å². The van der Waals surface area contributed by atoms with E-state index in [2.05, 4.69) is 20.3 Å². The molecule has 0 saturated carbocycles. The number of aromatic nitrogens is 2. The number of nitrogens with one attached hydrogen (secondary N) is 2. The number of nitrogens with zero attached hydrogens (tertiary/aromatic N) is 1. The van der Waals surface area contributed by atoms with Gasteiger partial charge in [-0.1, -0.05) is 20.8 Å². The van der Waals surface area contributed by atoms with Gasteiger partial charge < -0.3 is 4.74 Å². The molecule has 0 bridgehead atoms. The van der Waals surface area contributed by atoms with Gasteiger partial charge in [-0.05, 0) is 0 Å². The van der Waals surface area contributed by atoms with Crippen molar-refractivity contribution in [3.05, 3.63) is 11.8 Å². The second-order valence-electron chi connectivity index (χ2n) is 4.73. The quantitative estimate of drug-likeness (QED) is 0.864. The van der Waals surface area contributed by atoms with Gasteiger partial charge in [-0.15, -0.1) is 0 Å². The number of amides is 1. The Morgan fingerprint density at radius 1 is 1.44 bits per heavy atom. The minimum atomic E-state index is -4.54. The first kappa shape index (κ1) is 14.3. The van der Waals surface area contributed by atoms with Crippen LogP contribution in [0.1, 0.15) is 26.5 Å². The van der Waals surface area contributed by atoms with Crippen LogP contribution in [0.4, 0.5) is 23.8 Å². The van der Waals surface area contributed by atoms with E-state index in [0.717, 1.165) is 5.69 Å². The maximum Gasteiger partial charge on any atom is 0.422 e. The van der Waals surface area contributed by atoms with E-state index in [-0.39, 0.29) is 11.2 Å². The monoisotopic (exact) mass is 265 g/mol. The zero-order chi connectivity index (χ0) is 14.0. The molecule has 1 aromatic heterocycles. The molecule has 0 radical (unpaired) electrons. The molecule has 8 heteroatoms. The average molecular weight is 265 g/mol. The summed E-state index contributed by atoms with van der Waals surface area (Å²) in [4.78, 5) is 11.0. The number of anilines is 1. The fourth-order valence-corrected chi connectivity index (χ4v) is 1.06. The molecule has 18 heavy (non-hydrogen) atoms. The Morgan fingerprint density at radius 2 is 2.06 bits per heavy atom.